The lowest BCUT2D eigenvalue weighted by atomic mass is 10.3. The van der Waals surface area contributed by atoms with E-state index >= 15 is 0 Å². The summed E-state index contributed by atoms with van der Waals surface area (Å²) < 4.78 is 19.9. The van der Waals surface area contributed by atoms with Crippen molar-refractivity contribution in [1.29, 1.82) is 0 Å². The number of benzene rings is 1. The summed E-state index contributed by atoms with van der Waals surface area (Å²) in [6.45, 7) is 0. The Morgan fingerprint density at radius 3 is 2.75 bits per heavy atom. The minimum Gasteiger partial charge on any atom is -0.494 e. The summed E-state index contributed by atoms with van der Waals surface area (Å²) in [5, 5.41) is 3.95. The molecule has 4 nitrogen and oxygen atoms in total. The topological polar surface area (TPSA) is 39.9 Å². The second-order valence-corrected chi connectivity index (χ2v) is 3.66. The fourth-order valence-electron chi connectivity index (χ4n) is 1.28. The Kier molecular flexibility index (Phi) is 2.98. The Labute approximate surface area is 101 Å². The number of hydrogen-bond donors (Lipinski definition) is 0. The quantitative estimate of drug-likeness (QED) is 0.835. The molecule has 0 atom stereocenters. The van der Waals surface area contributed by atoms with Crippen LogP contribution in [0.25, 0.3) is 5.69 Å². The Balaban J connectivity index is 2.70. The zero-order valence-corrected chi connectivity index (χ0v) is 9.63. The summed E-state index contributed by atoms with van der Waals surface area (Å²) in [6.07, 6.45) is 2.61. The maximum atomic E-state index is 13.7. The molecule has 84 valence electrons. The molecule has 0 N–H and O–H groups in total. The monoisotopic (exact) mass is 261 g/mol. The van der Waals surface area contributed by atoms with Crippen molar-refractivity contribution in [1.82, 2.24) is 14.8 Å². The minimum absolute atomic E-state index is 0.0537. The number of aromatic nitrogens is 3. The van der Waals surface area contributed by atoms with E-state index in [4.69, 9.17) is 27.9 Å². The summed E-state index contributed by atoms with van der Waals surface area (Å²) in [5.41, 5.74) is 0.0559. The third-order valence-electron chi connectivity index (χ3n) is 1.96. The Morgan fingerprint density at radius 1 is 1.44 bits per heavy atom. The molecule has 0 aliphatic carbocycles. The van der Waals surface area contributed by atoms with Crippen LogP contribution in [0.4, 0.5) is 4.39 Å². The molecule has 2 aromatic rings. The van der Waals surface area contributed by atoms with E-state index in [1.54, 1.807) is 0 Å². The van der Waals surface area contributed by atoms with Crippen LogP contribution in [0.3, 0.4) is 0 Å². The summed E-state index contributed by atoms with van der Waals surface area (Å²) in [4.78, 5) is 3.71. The van der Waals surface area contributed by atoms with Crippen molar-refractivity contribution in [2.45, 2.75) is 0 Å². The van der Waals surface area contributed by atoms with Crippen LogP contribution in [0, 0.1) is 5.82 Å². The van der Waals surface area contributed by atoms with E-state index in [1.807, 2.05) is 0 Å². The van der Waals surface area contributed by atoms with Crippen molar-refractivity contribution in [2.24, 2.45) is 0 Å². The van der Waals surface area contributed by atoms with Gasteiger partial charge >= 0.3 is 0 Å². The molecule has 0 aliphatic heterocycles. The van der Waals surface area contributed by atoms with E-state index in [0.29, 0.717) is 0 Å². The average molecular weight is 262 g/mol. The number of rotatable bonds is 2. The molecule has 0 amide bonds. The van der Waals surface area contributed by atoms with E-state index in [9.17, 15) is 4.39 Å². The molecule has 0 spiro atoms. The van der Waals surface area contributed by atoms with E-state index in [2.05, 4.69) is 10.1 Å². The average Bonchev–Trinajstić information content (AvgIpc) is 2.70. The smallest absolute Gasteiger partial charge is 0.158 e. The van der Waals surface area contributed by atoms with E-state index < -0.39 is 5.82 Å². The van der Waals surface area contributed by atoms with Gasteiger partial charge in [-0.25, -0.2) is 14.1 Å². The summed E-state index contributed by atoms with van der Waals surface area (Å²) in [7, 11) is 1.40. The van der Waals surface area contributed by atoms with E-state index in [0.717, 1.165) is 6.07 Å². The van der Waals surface area contributed by atoms with Gasteiger partial charge in [0.25, 0.3) is 0 Å². The van der Waals surface area contributed by atoms with Gasteiger partial charge < -0.3 is 4.74 Å². The highest BCUT2D eigenvalue weighted by molar-refractivity contribution is 6.38. The lowest BCUT2D eigenvalue weighted by molar-refractivity contribution is 0.413. The van der Waals surface area contributed by atoms with Gasteiger partial charge in [-0.1, -0.05) is 23.2 Å². The molecule has 2 rings (SSSR count). The van der Waals surface area contributed by atoms with E-state index in [1.165, 1.54) is 24.4 Å². The van der Waals surface area contributed by atoms with Crippen molar-refractivity contribution in [3.8, 4) is 11.4 Å². The fourth-order valence-corrected chi connectivity index (χ4v) is 1.95. The standard InChI is InChI=1S/C9H6Cl2FN3O/c1-16-9-5(10)2-6(12)8(7(9)11)15-4-13-3-14-15/h2-4H,1H3. The van der Waals surface area contributed by atoms with Gasteiger partial charge in [0.2, 0.25) is 0 Å². The molecular weight excluding hydrogens is 256 g/mol. The molecule has 0 fully saturated rings. The van der Waals surface area contributed by atoms with Crippen molar-refractivity contribution in [3.05, 3.63) is 34.6 Å². The lowest BCUT2D eigenvalue weighted by Crippen LogP contribution is -2.01. The Hall–Kier alpha value is -1.33. The Morgan fingerprint density at radius 2 is 2.19 bits per heavy atom. The molecule has 0 unspecified atom stereocenters. The second-order valence-electron chi connectivity index (χ2n) is 2.88. The first-order chi connectivity index (χ1) is 7.65. The van der Waals surface area contributed by atoms with Crippen LogP contribution in [-0.4, -0.2) is 21.9 Å². The first-order valence-corrected chi connectivity index (χ1v) is 4.97. The molecule has 0 radical (unpaired) electrons. The third kappa shape index (κ3) is 1.72. The third-order valence-corrected chi connectivity index (χ3v) is 2.59. The molecule has 7 heteroatoms. The van der Waals surface area contributed by atoms with Crippen LogP contribution in [-0.2, 0) is 0 Å². The van der Waals surface area contributed by atoms with Gasteiger partial charge in [-0.05, 0) is 6.07 Å². The molecular formula is C9H6Cl2FN3O. The molecule has 1 heterocycles. The molecule has 0 saturated carbocycles. The molecule has 0 saturated heterocycles. The zero-order valence-electron chi connectivity index (χ0n) is 8.12. The van der Waals surface area contributed by atoms with Gasteiger partial charge in [0.05, 0.1) is 12.1 Å². The number of hydrogen-bond acceptors (Lipinski definition) is 3. The summed E-state index contributed by atoms with van der Waals surface area (Å²) in [5.74, 6) is -0.392. The largest absolute Gasteiger partial charge is 0.494 e. The van der Waals surface area contributed by atoms with Crippen molar-refractivity contribution >= 4 is 23.2 Å². The Bertz CT molecular complexity index is 516. The maximum Gasteiger partial charge on any atom is 0.158 e. The van der Waals surface area contributed by atoms with Gasteiger partial charge in [-0.2, -0.15) is 5.10 Å². The van der Waals surface area contributed by atoms with Crippen molar-refractivity contribution in [3.63, 3.8) is 0 Å². The van der Waals surface area contributed by atoms with Gasteiger partial charge in [-0.15, -0.1) is 0 Å². The minimum atomic E-state index is -0.596. The van der Waals surface area contributed by atoms with Crippen LogP contribution in [0.1, 0.15) is 0 Å². The van der Waals surface area contributed by atoms with Gasteiger partial charge in [0.15, 0.2) is 11.6 Å². The van der Waals surface area contributed by atoms with Crippen LogP contribution in [0.5, 0.6) is 5.75 Å². The first kappa shape index (κ1) is 11.2. The number of halogens is 3. The predicted molar refractivity (Wildman–Crippen MR) is 57.9 cm³/mol. The molecule has 16 heavy (non-hydrogen) atoms. The number of nitrogens with zero attached hydrogens (tertiary/aromatic N) is 3. The molecule has 0 bridgehead atoms. The van der Waals surface area contributed by atoms with Crippen LogP contribution >= 0.6 is 23.2 Å². The molecule has 1 aromatic carbocycles. The molecule has 1 aromatic heterocycles. The van der Waals surface area contributed by atoms with Crippen molar-refractivity contribution in [2.75, 3.05) is 7.11 Å². The highest BCUT2D eigenvalue weighted by atomic mass is 35.5. The van der Waals surface area contributed by atoms with Crippen LogP contribution < -0.4 is 4.74 Å². The summed E-state index contributed by atoms with van der Waals surface area (Å²) >= 11 is 11.7. The number of ether oxygens (including phenoxy) is 1. The zero-order chi connectivity index (χ0) is 11.7. The fraction of sp³-hybridized carbons (Fsp3) is 0.111. The van der Waals surface area contributed by atoms with Gasteiger partial charge in [0, 0.05) is 0 Å². The SMILES string of the molecule is COc1c(Cl)cc(F)c(-n2cncn2)c1Cl. The van der Waals surface area contributed by atoms with Gasteiger partial charge in [-0.3, -0.25) is 0 Å². The van der Waals surface area contributed by atoms with Gasteiger partial charge in [0.1, 0.15) is 23.4 Å². The lowest BCUT2D eigenvalue weighted by Gasteiger charge is -2.11. The van der Waals surface area contributed by atoms with E-state index in [-0.39, 0.29) is 21.5 Å². The summed E-state index contributed by atoms with van der Waals surface area (Å²) in [6, 6.07) is 1.11. The number of methoxy groups -OCH3 is 1. The van der Waals surface area contributed by atoms with Crippen LogP contribution in [0.15, 0.2) is 18.7 Å². The maximum absolute atomic E-state index is 13.7. The normalized spacial score (nSPS) is 10.5. The highest BCUT2D eigenvalue weighted by Crippen LogP contribution is 2.38. The first-order valence-electron chi connectivity index (χ1n) is 4.21. The predicted octanol–water partition coefficient (Wildman–Crippen LogP) is 2.72. The highest BCUT2D eigenvalue weighted by Gasteiger charge is 2.18. The second kappa shape index (κ2) is 4.27. The van der Waals surface area contributed by atoms with Crippen LogP contribution in [0.2, 0.25) is 10.0 Å². The molecule has 0 aliphatic rings. The van der Waals surface area contributed by atoms with Crippen molar-refractivity contribution < 1.29 is 9.13 Å².